The van der Waals surface area contributed by atoms with E-state index in [1.807, 2.05) is 19.9 Å². The van der Waals surface area contributed by atoms with Crippen LogP contribution in [0.25, 0.3) is 0 Å². The lowest BCUT2D eigenvalue weighted by Gasteiger charge is -2.13. The number of rotatable bonds is 7. The summed E-state index contributed by atoms with van der Waals surface area (Å²) in [4.78, 5) is 0.0159. The van der Waals surface area contributed by atoms with Crippen LogP contribution in [0.1, 0.15) is 24.5 Å². The molecule has 0 unspecified atom stereocenters. The Bertz CT molecular complexity index is 526. The van der Waals surface area contributed by atoms with Crippen LogP contribution >= 0.6 is 10.7 Å². The second-order valence-electron chi connectivity index (χ2n) is 4.31. The second-order valence-corrected chi connectivity index (χ2v) is 6.84. The fraction of sp³-hybridized carbons (Fsp3) is 0.538. The molecule has 0 aliphatic heterocycles. The minimum atomic E-state index is -3.82. The van der Waals surface area contributed by atoms with Gasteiger partial charge in [-0.3, -0.25) is 0 Å². The van der Waals surface area contributed by atoms with Gasteiger partial charge in [0.05, 0.1) is 6.61 Å². The fourth-order valence-corrected chi connectivity index (χ4v) is 2.84. The largest absolute Gasteiger partial charge is 0.489 e. The van der Waals surface area contributed by atoms with Crippen LogP contribution in [-0.4, -0.2) is 28.2 Å². The van der Waals surface area contributed by atoms with E-state index in [0.29, 0.717) is 25.6 Å². The van der Waals surface area contributed by atoms with Crippen molar-refractivity contribution < 1.29 is 17.9 Å². The lowest BCUT2D eigenvalue weighted by atomic mass is 10.1. The molecule has 0 radical (unpaired) electrons. The maximum Gasteiger partial charge on any atom is 0.265 e. The first-order chi connectivity index (χ1) is 8.86. The molecule has 0 N–H and O–H groups in total. The zero-order valence-electron chi connectivity index (χ0n) is 11.4. The third-order valence-electron chi connectivity index (χ3n) is 2.47. The molecule has 0 fully saturated rings. The Kier molecular flexibility index (Phi) is 6.10. The van der Waals surface area contributed by atoms with Gasteiger partial charge in [-0.25, -0.2) is 8.42 Å². The topological polar surface area (TPSA) is 52.6 Å². The van der Waals surface area contributed by atoms with Crippen molar-refractivity contribution in [1.82, 2.24) is 0 Å². The van der Waals surface area contributed by atoms with E-state index >= 15 is 0 Å². The van der Waals surface area contributed by atoms with Crippen molar-refractivity contribution in [1.29, 1.82) is 0 Å². The summed E-state index contributed by atoms with van der Waals surface area (Å²) in [6.07, 6.45) is 0.935. The number of ether oxygens (including phenoxy) is 2. The van der Waals surface area contributed by atoms with Crippen LogP contribution < -0.4 is 4.74 Å². The molecule has 0 aliphatic rings. The highest BCUT2D eigenvalue weighted by Gasteiger charge is 2.19. The molecule has 108 valence electrons. The molecule has 0 heterocycles. The summed E-state index contributed by atoms with van der Waals surface area (Å²) in [5.41, 5.74) is 1.57. The van der Waals surface area contributed by atoms with E-state index in [0.717, 1.165) is 17.5 Å². The number of halogens is 1. The van der Waals surface area contributed by atoms with Crippen molar-refractivity contribution in [3.8, 4) is 5.75 Å². The zero-order valence-corrected chi connectivity index (χ0v) is 13.0. The molecule has 0 aromatic heterocycles. The van der Waals surface area contributed by atoms with Gasteiger partial charge in [0.15, 0.2) is 0 Å². The van der Waals surface area contributed by atoms with Crippen molar-refractivity contribution in [3.05, 3.63) is 23.3 Å². The highest BCUT2D eigenvalue weighted by molar-refractivity contribution is 8.13. The molecular formula is C13H19ClO4S. The lowest BCUT2D eigenvalue weighted by Crippen LogP contribution is -2.10. The standard InChI is InChI=1S/C13H19ClO4S/c1-4-5-17-6-7-18-13-11(3)8-10(2)9-12(13)19(14,15)16/h8-9H,4-7H2,1-3H3. The predicted molar refractivity (Wildman–Crippen MR) is 75.6 cm³/mol. The summed E-state index contributed by atoms with van der Waals surface area (Å²) in [6.45, 7) is 7.00. The summed E-state index contributed by atoms with van der Waals surface area (Å²) >= 11 is 0. The molecule has 4 nitrogen and oxygen atoms in total. The van der Waals surface area contributed by atoms with Crippen molar-refractivity contribution in [3.63, 3.8) is 0 Å². The van der Waals surface area contributed by atoms with Crippen LogP contribution in [0.5, 0.6) is 5.75 Å². The molecule has 6 heteroatoms. The fourth-order valence-electron chi connectivity index (χ4n) is 1.73. The molecule has 1 aromatic carbocycles. The molecule has 0 saturated heterocycles. The number of hydrogen-bond acceptors (Lipinski definition) is 4. The van der Waals surface area contributed by atoms with Crippen molar-refractivity contribution in [2.24, 2.45) is 0 Å². The second kappa shape index (κ2) is 7.12. The van der Waals surface area contributed by atoms with Gasteiger partial charge < -0.3 is 9.47 Å². The van der Waals surface area contributed by atoms with E-state index in [-0.39, 0.29) is 4.90 Å². The van der Waals surface area contributed by atoms with Crippen LogP contribution in [0.15, 0.2) is 17.0 Å². The van der Waals surface area contributed by atoms with Crippen LogP contribution in [0.3, 0.4) is 0 Å². The minimum absolute atomic E-state index is 0.0159. The lowest BCUT2D eigenvalue weighted by molar-refractivity contribution is 0.0993. The third kappa shape index (κ3) is 5.01. The van der Waals surface area contributed by atoms with Crippen molar-refractivity contribution in [2.45, 2.75) is 32.1 Å². The summed E-state index contributed by atoms with van der Waals surface area (Å²) in [5.74, 6) is 0.306. The maximum atomic E-state index is 11.5. The molecule has 0 amide bonds. The quantitative estimate of drug-likeness (QED) is 0.574. The van der Waals surface area contributed by atoms with Gasteiger partial charge in [-0.05, 0) is 37.5 Å². The Balaban J connectivity index is 2.87. The van der Waals surface area contributed by atoms with E-state index in [9.17, 15) is 8.42 Å². The van der Waals surface area contributed by atoms with E-state index in [1.54, 1.807) is 6.92 Å². The molecule has 0 atom stereocenters. The summed E-state index contributed by atoms with van der Waals surface area (Å²) < 4.78 is 33.9. The van der Waals surface area contributed by atoms with Gasteiger partial charge >= 0.3 is 0 Å². The Morgan fingerprint density at radius 3 is 2.42 bits per heavy atom. The van der Waals surface area contributed by atoms with E-state index in [1.165, 1.54) is 6.07 Å². The summed E-state index contributed by atoms with van der Waals surface area (Å²) in [5, 5.41) is 0. The van der Waals surface area contributed by atoms with Gasteiger partial charge in [-0.15, -0.1) is 0 Å². The highest BCUT2D eigenvalue weighted by atomic mass is 35.7. The monoisotopic (exact) mass is 306 g/mol. The molecule has 0 saturated carbocycles. The van der Waals surface area contributed by atoms with Crippen molar-refractivity contribution in [2.75, 3.05) is 19.8 Å². The predicted octanol–water partition coefficient (Wildman–Crippen LogP) is 3.04. The minimum Gasteiger partial charge on any atom is -0.489 e. The first-order valence-electron chi connectivity index (χ1n) is 6.12. The summed E-state index contributed by atoms with van der Waals surface area (Å²) in [6, 6.07) is 3.37. The number of benzene rings is 1. The van der Waals surface area contributed by atoms with Crippen LogP contribution in [0.2, 0.25) is 0 Å². The number of aryl methyl sites for hydroxylation is 2. The molecule has 0 bridgehead atoms. The van der Waals surface area contributed by atoms with Crippen LogP contribution in [-0.2, 0) is 13.8 Å². The normalized spacial score (nSPS) is 11.6. The molecular weight excluding hydrogens is 288 g/mol. The van der Waals surface area contributed by atoms with Gasteiger partial charge in [0.1, 0.15) is 17.3 Å². The van der Waals surface area contributed by atoms with Crippen LogP contribution in [0, 0.1) is 13.8 Å². The average molecular weight is 307 g/mol. The van der Waals surface area contributed by atoms with Gasteiger partial charge in [0, 0.05) is 17.3 Å². The molecule has 0 aliphatic carbocycles. The maximum absolute atomic E-state index is 11.5. The van der Waals surface area contributed by atoms with E-state index in [2.05, 4.69) is 0 Å². The SMILES string of the molecule is CCCOCCOc1c(C)cc(C)cc1S(=O)(=O)Cl. The van der Waals surface area contributed by atoms with Gasteiger partial charge in [-0.1, -0.05) is 13.0 Å². The Hall–Kier alpha value is -0.780. The molecule has 19 heavy (non-hydrogen) atoms. The zero-order chi connectivity index (χ0) is 14.5. The Labute approximate surface area is 119 Å². The summed E-state index contributed by atoms with van der Waals surface area (Å²) in [7, 11) is 1.61. The van der Waals surface area contributed by atoms with Gasteiger partial charge in [0.25, 0.3) is 9.05 Å². The van der Waals surface area contributed by atoms with Gasteiger partial charge in [0.2, 0.25) is 0 Å². The van der Waals surface area contributed by atoms with Crippen molar-refractivity contribution >= 4 is 19.7 Å². The highest BCUT2D eigenvalue weighted by Crippen LogP contribution is 2.31. The first-order valence-corrected chi connectivity index (χ1v) is 8.43. The third-order valence-corrected chi connectivity index (χ3v) is 3.80. The van der Waals surface area contributed by atoms with Crippen LogP contribution in [0.4, 0.5) is 0 Å². The molecule has 1 rings (SSSR count). The number of hydrogen-bond donors (Lipinski definition) is 0. The van der Waals surface area contributed by atoms with E-state index < -0.39 is 9.05 Å². The Morgan fingerprint density at radius 1 is 1.16 bits per heavy atom. The Morgan fingerprint density at radius 2 is 1.84 bits per heavy atom. The smallest absolute Gasteiger partial charge is 0.265 e. The van der Waals surface area contributed by atoms with Gasteiger partial charge in [-0.2, -0.15) is 0 Å². The molecule has 0 spiro atoms. The average Bonchev–Trinajstić information content (AvgIpc) is 2.29. The molecule has 1 aromatic rings. The van der Waals surface area contributed by atoms with E-state index in [4.69, 9.17) is 20.2 Å². The first kappa shape index (κ1) is 16.3.